The third-order valence-corrected chi connectivity index (χ3v) is 2.79. The molecule has 0 bridgehead atoms. The highest BCUT2D eigenvalue weighted by molar-refractivity contribution is 7.81. The lowest BCUT2D eigenvalue weighted by Gasteiger charge is -2.11. The minimum Gasteiger partial charge on any atom is -0.355 e. The van der Waals surface area contributed by atoms with Crippen molar-refractivity contribution in [2.24, 2.45) is 0 Å². The number of carbonyl (C=O) groups is 2. The van der Waals surface area contributed by atoms with Gasteiger partial charge in [-0.2, -0.15) is 12.6 Å². The van der Waals surface area contributed by atoms with Crippen molar-refractivity contribution in [2.45, 2.75) is 18.6 Å². The molecule has 4 nitrogen and oxygen atoms in total. The number of nitrogens with one attached hydrogen (secondary N) is 2. The van der Waals surface area contributed by atoms with Gasteiger partial charge in [-0.1, -0.05) is 30.3 Å². The van der Waals surface area contributed by atoms with Crippen LogP contribution < -0.4 is 10.6 Å². The van der Waals surface area contributed by atoms with Crippen molar-refractivity contribution in [3.63, 3.8) is 0 Å². The zero-order valence-corrected chi connectivity index (χ0v) is 11.2. The van der Waals surface area contributed by atoms with E-state index in [1.807, 2.05) is 37.3 Å². The molecular weight excluding hydrogens is 248 g/mol. The molecule has 0 saturated heterocycles. The van der Waals surface area contributed by atoms with Crippen molar-refractivity contribution in [1.82, 2.24) is 10.6 Å². The maximum Gasteiger partial charge on any atom is 0.239 e. The van der Waals surface area contributed by atoms with E-state index in [4.69, 9.17) is 0 Å². The molecule has 0 saturated carbocycles. The maximum absolute atomic E-state index is 11.7. The lowest BCUT2D eigenvalue weighted by atomic mass is 10.1. The Hall–Kier alpha value is -1.49. The van der Waals surface area contributed by atoms with Gasteiger partial charge in [0.1, 0.15) is 0 Å². The largest absolute Gasteiger partial charge is 0.355 e. The van der Waals surface area contributed by atoms with Gasteiger partial charge in [0.25, 0.3) is 0 Å². The molecule has 0 radical (unpaired) electrons. The summed E-state index contributed by atoms with van der Waals surface area (Å²) in [4.78, 5) is 22.9. The molecular formula is C13H18N2O2S. The molecule has 2 N–H and O–H groups in total. The maximum atomic E-state index is 11.7. The normalized spacial score (nSPS) is 11.7. The van der Waals surface area contributed by atoms with Crippen molar-refractivity contribution in [3.8, 4) is 0 Å². The highest BCUT2D eigenvalue weighted by Crippen LogP contribution is 2.07. The van der Waals surface area contributed by atoms with Crippen LogP contribution in [-0.4, -0.2) is 30.2 Å². The summed E-state index contributed by atoms with van der Waals surface area (Å²) in [5, 5.41) is 4.73. The first kappa shape index (κ1) is 14.6. The first-order valence-electron chi connectivity index (χ1n) is 5.90. The first-order chi connectivity index (χ1) is 8.63. The van der Waals surface area contributed by atoms with Crippen LogP contribution in [0.3, 0.4) is 0 Å². The summed E-state index contributed by atoms with van der Waals surface area (Å²) in [5.74, 6) is -0.417. The molecule has 0 aliphatic rings. The monoisotopic (exact) mass is 266 g/mol. The molecule has 2 amide bonds. The van der Waals surface area contributed by atoms with Crippen LogP contribution in [-0.2, 0) is 16.0 Å². The molecule has 0 heterocycles. The minimum atomic E-state index is -0.443. The molecule has 1 aromatic rings. The summed E-state index contributed by atoms with van der Waals surface area (Å²) >= 11 is 4.25. The fourth-order valence-electron chi connectivity index (χ4n) is 1.47. The van der Waals surface area contributed by atoms with Crippen molar-refractivity contribution in [3.05, 3.63) is 35.9 Å². The summed E-state index contributed by atoms with van der Waals surface area (Å²) in [6.07, 6.45) is 0.547. The fraction of sp³-hybridized carbons (Fsp3) is 0.385. The average molecular weight is 266 g/mol. The van der Waals surface area contributed by atoms with E-state index in [1.54, 1.807) is 0 Å². The Bertz CT molecular complexity index is 395. The van der Waals surface area contributed by atoms with E-state index >= 15 is 0 Å². The molecule has 1 rings (SSSR count). The molecule has 1 unspecified atom stereocenters. The van der Waals surface area contributed by atoms with Gasteiger partial charge in [-0.3, -0.25) is 9.59 Å². The molecule has 1 atom stereocenters. The van der Waals surface area contributed by atoms with E-state index in [-0.39, 0.29) is 18.4 Å². The van der Waals surface area contributed by atoms with Crippen LogP contribution >= 0.6 is 12.6 Å². The molecule has 0 fully saturated rings. The van der Waals surface area contributed by atoms with Gasteiger partial charge in [-0.25, -0.2) is 0 Å². The number of rotatable bonds is 6. The standard InChI is InChI=1S/C13H18N2O2S/c1-2-14-12(16)9-15-13(17)11(18)8-10-6-4-3-5-7-10/h3-7,11,18H,2,8-9H2,1H3,(H,14,16)(H,15,17). The lowest BCUT2D eigenvalue weighted by molar-refractivity contribution is -0.125. The second kappa shape index (κ2) is 7.76. The fourth-order valence-corrected chi connectivity index (χ4v) is 1.78. The predicted molar refractivity (Wildman–Crippen MR) is 74.6 cm³/mol. The average Bonchev–Trinajstić information content (AvgIpc) is 2.37. The number of likely N-dealkylation sites (N-methyl/N-ethyl adjacent to an activating group) is 1. The van der Waals surface area contributed by atoms with Crippen LogP contribution in [0.1, 0.15) is 12.5 Å². The first-order valence-corrected chi connectivity index (χ1v) is 6.41. The molecule has 5 heteroatoms. The second-order valence-corrected chi connectivity index (χ2v) is 4.50. The molecule has 1 aromatic carbocycles. The summed E-state index contributed by atoms with van der Waals surface area (Å²) < 4.78 is 0. The molecule has 98 valence electrons. The Morgan fingerprint density at radius 1 is 1.22 bits per heavy atom. The number of amides is 2. The van der Waals surface area contributed by atoms with E-state index in [2.05, 4.69) is 23.3 Å². The molecule has 0 aliphatic heterocycles. The van der Waals surface area contributed by atoms with E-state index in [0.717, 1.165) is 5.56 Å². The van der Waals surface area contributed by atoms with Crippen LogP contribution in [0.4, 0.5) is 0 Å². The highest BCUT2D eigenvalue weighted by atomic mass is 32.1. The Balaban J connectivity index is 2.35. The minimum absolute atomic E-state index is 0.00147. The lowest BCUT2D eigenvalue weighted by Crippen LogP contribution is -2.40. The highest BCUT2D eigenvalue weighted by Gasteiger charge is 2.14. The van der Waals surface area contributed by atoms with Crippen LogP contribution in [0.2, 0.25) is 0 Å². The van der Waals surface area contributed by atoms with E-state index in [9.17, 15) is 9.59 Å². The van der Waals surface area contributed by atoms with E-state index < -0.39 is 5.25 Å². The van der Waals surface area contributed by atoms with Gasteiger partial charge < -0.3 is 10.6 Å². The van der Waals surface area contributed by atoms with Gasteiger partial charge in [0.2, 0.25) is 11.8 Å². The number of hydrogen-bond donors (Lipinski definition) is 3. The molecule has 0 aliphatic carbocycles. The zero-order valence-electron chi connectivity index (χ0n) is 10.3. The van der Waals surface area contributed by atoms with Crippen LogP contribution in [0.5, 0.6) is 0 Å². The number of thiol groups is 1. The van der Waals surface area contributed by atoms with Crippen LogP contribution in [0.15, 0.2) is 30.3 Å². The molecule has 0 spiro atoms. The molecule has 0 aromatic heterocycles. The quantitative estimate of drug-likeness (QED) is 0.666. The smallest absolute Gasteiger partial charge is 0.239 e. The van der Waals surface area contributed by atoms with Gasteiger partial charge in [0.15, 0.2) is 0 Å². The number of benzene rings is 1. The SMILES string of the molecule is CCNC(=O)CNC(=O)C(S)Cc1ccccc1. The summed E-state index contributed by atoms with van der Waals surface area (Å²) in [7, 11) is 0. The Morgan fingerprint density at radius 3 is 2.50 bits per heavy atom. The third-order valence-electron chi connectivity index (χ3n) is 2.37. The van der Waals surface area contributed by atoms with Gasteiger partial charge >= 0.3 is 0 Å². The predicted octanol–water partition coefficient (Wildman–Crippen LogP) is 0.780. The van der Waals surface area contributed by atoms with Crippen LogP contribution in [0, 0.1) is 0 Å². The van der Waals surface area contributed by atoms with Crippen molar-refractivity contribution in [1.29, 1.82) is 0 Å². The van der Waals surface area contributed by atoms with E-state index in [1.165, 1.54) is 0 Å². The van der Waals surface area contributed by atoms with Gasteiger partial charge in [0.05, 0.1) is 11.8 Å². The number of hydrogen-bond acceptors (Lipinski definition) is 3. The summed E-state index contributed by atoms with van der Waals surface area (Å²) in [6.45, 7) is 2.39. The van der Waals surface area contributed by atoms with E-state index in [0.29, 0.717) is 13.0 Å². The number of carbonyl (C=O) groups excluding carboxylic acids is 2. The van der Waals surface area contributed by atoms with Gasteiger partial charge in [-0.15, -0.1) is 0 Å². The Labute approximate surface area is 113 Å². The molecule has 18 heavy (non-hydrogen) atoms. The summed E-state index contributed by atoms with van der Waals surface area (Å²) in [6, 6.07) is 9.65. The third kappa shape index (κ3) is 5.23. The van der Waals surface area contributed by atoms with Crippen molar-refractivity contribution in [2.75, 3.05) is 13.1 Å². The van der Waals surface area contributed by atoms with Gasteiger partial charge in [-0.05, 0) is 18.9 Å². The Morgan fingerprint density at radius 2 is 1.89 bits per heavy atom. The summed E-state index contributed by atoms with van der Waals surface area (Å²) in [5.41, 5.74) is 1.05. The Kier molecular flexibility index (Phi) is 6.28. The zero-order chi connectivity index (χ0) is 13.4. The topological polar surface area (TPSA) is 58.2 Å². The van der Waals surface area contributed by atoms with Crippen LogP contribution in [0.25, 0.3) is 0 Å². The van der Waals surface area contributed by atoms with Crippen molar-refractivity contribution < 1.29 is 9.59 Å². The van der Waals surface area contributed by atoms with Gasteiger partial charge in [0, 0.05) is 6.54 Å². The van der Waals surface area contributed by atoms with Crippen molar-refractivity contribution >= 4 is 24.4 Å². The second-order valence-electron chi connectivity index (χ2n) is 3.88.